The SMILES string of the molecule is CC(=O)c1cc(OCCC(C)(C)C)cc(OCCC(C)(C)C)c1. The summed E-state index contributed by atoms with van der Waals surface area (Å²) in [5, 5.41) is 0. The molecule has 0 aliphatic heterocycles. The molecule has 0 saturated heterocycles. The lowest BCUT2D eigenvalue weighted by atomic mass is 9.93. The molecule has 3 heteroatoms. The summed E-state index contributed by atoms with van der Waals surface area (Å²) in [4.78, 5) is 11.7. The van der Waals surface area contributed by atoms with Crippen LogP contribution < -0.4 is 9.47 Å². The minimum absolute atomic E-state index is 0.0203. The lowest BCUT2D eigenvalue weighted by molar-refractivity contribution is 0.101. The van der Waals surface area contributed by atoms with Crippen molar-refractivity contribution in [2.45, 2.75) is 61.3 Å². The molecule has 23 heavy (non-hydrogen) atoms. The third-order valence-corrected chi connectivity index (χ3v) is 3.53. The molecule has 1 rings (SSSR count). The van der Waals surface area contributed by atoms with Gasteiger partial charge in [-0.2, -0.15) is 0 Å². The molecule has 0 amide bonds. The van der Waals surface area contributed by atoms with E-state index in [2.05, 4.69) is 41.5 Å². The van der Waals surface area contributed by atoms with Crippen molar-refractivity contribution >= 4 is 5.78 Å². The van der Waals surface area contributed by atoms with Gasteiger partial charge in [0.1, 0.15) is 11.5 Å². The van der Waals surface area contributed by atoms with Gasteiger partial charge in [0.25, 0.3) is 0 Å². The molecule has 0 aromatic heterocycles. The second kappa shape index (κ2) is 7.85. The molecular formula is C20H32O3. The Morgan fingerprint density at radius 2 is 1.22 bits per heavy atom. The van der Waals surface area contributed by atoms with Crippen LogP contribution in [0.3, 0.4) is 0 Å². The van der Waals surface area contributed by atoms with E-state index in [4.69, 9.17) is 9.47 Å². The molecule has 0 radical (unpaired) electrons. The highest BCUT2D eigenvalue weighted by Gasteiger charge is 2.13. The first-order chi connectivity index (χ1) is 10.5. The Balaban J connectivity index is 2.75. The monoisotopic (exact) mass is 320 g/mol. The summed E-state index contributed by atoms with van der Waals surface area (Å²) in [6.45, 7) is 15.9. The average Bonchev–Trinajstić information content (AvgIpc) is 2.35. The molecule has 3 nitrogen and oxygen atoms in total. The number of carbonyl (C=O) groups excluding carboxylic acids is 1. The lowest BCUT2D eigenvalue weighted by Crippen LogP contribution is -2.12. The van der Waals surface area contributed by atoms with E-state index < -0.39 is 0 Å². The van der Waals surface area contributed by atoms with E-state index in [1.807, 2.05) is 6.07 Å². The maximum atomic E-state index is 11.7. The van der Waals surface area contributed by atoms with Crippen LogP contribution in [-0.2, 0) is 0 Å². The van der Waals surface area contributed by atoms with Crippen LogP contribution >= 0.6 is 0 Å². The number of rotatable bonds is 7. The third-order valence-electron chi connectivity index (χ3n) is 3.53. The fraction of sp³-hybridized carbons (Fsp3) is 0.650. The van der Waals surface area contributed by atoms with Crippen molar-refractivity contribution in [3.8, 4) is 11.5 Å². The predicted molar refractivity (Wildman–Crippen MR) is 95.6 cm³/mol. The molecule has 0 atom stereocenters. The van der Waals surface area contributed by atoms with E-state index in [9.17, 15) is 4.79 Å². The van der Waals surface area contributed by atoms with E-state index in [0.717, 1.165) is 12.8 Å². The van der Waals surface area contributed by atoms with Crippen LogP contribution in [0.1, 0.15) is 71.7 Å². The highest BCUT2D eigenvalue weighted by atomic mass is 16.5. The molecule has 0 spiro atoms. The highest BCUT2D eigenvalue weighted by Crippen LogP contribution is 2.26. The minimum Gasteiger partial charge on any atom is -0.493 e. The first-order valence-corrected chi connectivity index (χ1v) is 8.38. The number of ketones is 1. The molecule has 0 bridgehead atoms. The number of carbonyl (C=O) groups is 1. The van der Waals surface area contributed by atoms with E-state index in [1.54, 1.807) is 19.1 Å². The summed E-state index contributed by atoms with van der Waals surface area (Å²) >= 11 is 0. The summed E-state index contributed by atoms with van der Waals surface area (Å²) < 4.78 is 11.7. The van der Waals surface area contributed by atoms with Crippen molar-refractivity contribution < 1.29 is 14.3 Å². The van der Waals surface area contributed by atoms with Gasteiger partial charge in [0.05, 0.1) is 13.2 Å². The summed E-state index contributed by atoms with van der Waals surface area (Å²) in [5.41, 5.74) is 1.08. The fourth-order valence-electron chi connectivity index (χ4n) is 1.89. The fourth-order valence-corrected chi connectivity index (χ4v) is 1.89. The standard InChI is InChI=1S/C20H32O3/c1-15(21)16-12-17(22-10-8-19(2,3)4)14-18(13-16)23-11-9-20(5,6)7/h12-14H,8-11H2,1-7H3. The molecule has 0 aliphatic rings. The summed E-state index contributed by atoms with van der Waals surface area (Å²) in [6, 6.07) is 5.46. The highest BCUT2D eigenvalue weighted by molar-refractivity contribution is 5.94. The number of hydrogen-bond acceptors (Lipinski definition) is 3. The Hall–Kier alpha value is -1.51. The number of hydrogen-bond donors (Lipinski definition) is 0. The Morgan fingerprint density at radius 3 is 1.52 bits per heavy atom. The molecule has 0 fully saturated rings. The molecule has 0 heterocycles. The Bertz CT molecular complexity index is 480. The molecule has 0 saturated carbocycles. The quantitative estimate of drug-likeness (QED) is 0.621. The van der Waals surface area contributed by atoms with Crippen molar-refractivity contribution in [2.75, 3.05) is 13.2 Å². The Labute approximate surface area is 141 Å². The van der Waals surface area contributed by atoms with Gasteiger partial charge < -0.3 is 9.47 Å². The van der Waals surface area contributed by atoms with E-state index >= 15 is 0 Å². The molecule has 1 aromatic carbocycles. The van der Waals surface area contributed by atoms with Gasteiger partial charge in [-0.15, -0.1) is 0 Å². The van der Waals surface area contributed by atoms with Crippen LogP contribution in [0.25, 0.3) is 0 Å². The lowest BCUT2D eigenvalue weighted by Gasteiger charge is -2.19. The van der Waals surface area contributed by atoms with Crippen molar-refractivity contribution in [1.82, 2.24) is 0 Å². The van der Waals surface area contributed by atoms with E-state index in [0.29, 0.717) is 30.3 Å². The van der Waals surface area contributed by atoms with Gasteiger partial charge in [-0.25, -0.2) is 0 Å². The predicted octanol–water partition coefficient (Wildman–Crippen LogP) is 5.52. The summed E-state index contributed by atoms with van der Waals surface area (Å²) in [7, 11) is 0. The van der Waals surface area contributed by atoms with Crippen LogP contribution in [0.5, 0.6) is 11.5 Å². The molecule has 130 valence electrons. The number of benzene rings is 1. The molecule has 0 aliphatic carbocycles. The second-order valence-electron chi connectivity index (χ2n) is 8.57. The van der Waals surface area contributed by atoms with E-state index in [-0.39, 0.29) is 16.6 Å². The summed E-state index contributed by atoms with van der Waals surface area (Å²) in [5.74, 6) is 1.42. The smallest absolute Gasteiger partial charge is 0.160 e. The zero-order valence-electron chi connectivity index (χ0n) is 15.8. The second-order valence-corrected chi connectivity index (χ2v) is 8.57. The van der Waals surface area contributed by atoms with Gasteiger partial charge in [-0.1, -0.05) is 41.5 Å². The first-order valence-electron chi connectivity index (χ1n) is 8.38. The van der Waals surface area contributed by atoms with Gasteiger partial charge in [0.2, 0.25) is 0 Å². The largest absolute Gasteiger partial charge is 0.493 e. The molecule has 1 aromatic rings. The normalized spacial score (nSPS) is 12.1. The Morgan fingerprint density at radius 1 is 0.826 bits per heavy atom. The number of Topliss-reactive ketones (excluding diaryl/α,β-unsaturated/α-hetero) is 1. The van der Waals surface area contributed by atoms with Crippen LogP contribution in [-0.4, -0.2) is 19.0 Å². The maximum Gasteiger partial charge on any atom is 0.160 e. The minimum atomic E-state index is 0.0203. The van der Waals surface area contributed by atoms with Crippen LogP contribution in [0, 0.1) is 10.8 Å². The van der Waals surface area contributed by atoms with Gasteiger partial charge in [0.15, 0.2) is 5.78 Å². The first kappa shape index (κ1) is 19.5. The zero-order valence-corrected chi connectivity index (χ0v) is 15.8. The average molecular weight is 320 g/mol. The number of ether oxygens (including phenoxy) is 2. The van der Waals surface area contributed by atoms with Crippen molar-refractivity contribution in [2.24, 2.45) is 10.8 Å². The molecule has 0 N–H and O–H groups in total. The maximum absolute atomic E-state index is 11.7. The van der Waals surface area contributed by atoms with Gasteiger partial charge in [-0.3, -0.25) is 4.79 Å². The van der Waals surface area contributed by atoms with Crippen LogP contribution in [0.4, 0.5) is 0 Å². The van der Waals surface area contributed by atoms with Crippen molar-refractivity contribution in [3.63, 3.8) is 0 Å². The van der Waals surface area contributed by atoms with Gasteiger partial charge >= 0.3 is 0 Å². The molecular weight excluding hydrogens is 288 g/mol. The topological polar surface area (TPSA) is 35.5 Å². The van der Waals surface area contributed by atoms with Crippen LogP contribution in [0.2, 0.25) is 0 Å². The van der Waals surface area contributed by atoms with Crippen LogP contribution in [0.15, 0.2) is 18.2 Å². The zero-order chi connectivity index (χ0) is 17.7. The van der Waals surface area contributed by atoms with Gasteiger partial charge in [-0.05, 0) is 42.7 Å². The summed E-state index contributed by atoms with van der Waals surface area (Å²) in [6.07, 6.45) is 1.91. The Kier molecular flexibility index (Phi) is 6.67. The van der Waals surface area contributed by atoms with Crippen molar-refractivity contribution in [1.29, 1.82) is 0 Å². The van der Waals surface area contributed by atoms with E-state index in [1.165, 1.54) is 0 Å². The molecule has 0 unspecified atom stereocenters. The third kappa shape index (κ3) is 8.63. The van der Waals surface area contributed by atoms with Crippen molar-refractivity contribution in [3.05, 3.63) is 23.8 Å². The van der Waals surface area contributed by atoms with Gasteiger partial charge in [0, 0.05) is 11.6 Å².